The summed E-state index contributed by atoms with van der Waals surface area (Å²) >= 11 is 0.824. The molecule has 2 N–H and O–H groups in total. The molecule has 0 atom stereocenters. The highest BCUT2D eigenvalue weighted by molar-refractivity contribution is 7.99. The van der Waals surface area contributed by atoms with Gasteiger partial charge in [0.25, 0.3) is 0 Å². The third-order valence-electron chi connectivity index (χ3n) is 2.52. The number of thioether (sulfide) groups is 1. The highest BCUT2D eigenvalue weighted by Gasteiger charge is 2.12. The van der Waals surface area contributed by atoms with E-state index < -0.39 is 24.0 Å². The molecule has 0 unspecified atom stereocenters. The summed E-state index contributed by atoms with van der Waals surface area (Å²) < 4.78 is 42.9. The van der Waals surface area contributed by atoms with Gasteiger partial charge in [0.1, 0.15) is 5.82 Å². The van der Waals surface area contributed by atoms with Crippen molar-refractivity contribution in [2.45, 2.75) is 24.8 Å². The van der Waals surface area contributed by atoms with E-state index in [4.69, 9.17) is 4.42 Å². The molecule has 0 aliphatic heterocycles. The number of alkyl halides is 2. The smallest absolute Gasteiger partial charge is 0.319 e. The number of nitrogens with zero attached hydrogens (tertiary/aromatic N) is 2. The van der Waals surface area contributed by atoms with Crippen molar-refractivity contribution in [3.8, 4) is 0 Å². The van der Waals surface area contributed by atoms with Crippen molar-refractivity contribution < 1.29 is 22.4 Å². The molecule has 0 aliphatic carbocycles. The molecule has 10 heteroatoms. The number of nitrogens with one attached hydrogen (secondary N) is 2. The summed E-state index contributed by atoms with van der Waals surface area (Å²) in [5.74, 6) is -0.472. The first-order valence-electron chi connectivity index (χ1n) is 6.48. The molecular formula is C13H13F3N4O2S. The molecule has 1 heterocycles. The van der Waals surface area contributed by atoms with Gasteiger partial charge in [-0.25, -0.2) is 18.0 Å². The lowest BCUT2D eigenvalue weighted by molar-refractivity contribution is 0.177. The quantitative estimate of drug-likeness (QED) is 0.785. The second-order valence-electron chi connectivity index (χ2n) is 4.37. The van der Waals surface area contributed by atoms with Crippen molar-refractivity contribution >= 4 is 23.5 Å². The maximum atomic E-state index is 13.3. The molecule has 0 radical (unpaired) electrons. The number of hydrogen-bond acceptors (Lipinski definition) is 5. The van der Waals surface area contributed by atoms with Crippen molar-refractivity contribution in [1.82, 2.24) is 15.5 Å². The van der Waals surface area contributed by atoms with E-state index in [-0.39, 0.29) is 18.1 Å². The lowest BCUT2D eigenvalue weighted by atomic mass is 10.3. The zero-order chi connectivity index (χ0) is 16.8. The highest BCUT2D eigenvalue weighted by atomic mass is 32.2. The van der Waals surface area contributed by atoms with E-state index in [9.17, 15) is 18.0 Å². The lowest BCUT2D eigenvalue weighted by Crippen LogP contribution is -2.28. The fourth-order valence-electron chi connectivity index (χ4n) is 1.61. The van der Waals surface area contributed by atoms with Gasteiger partial charge in [-0.1, -0.05) is 0 Å². The Bertz CT molecular complexity index is 681. The molecule has 0 bridgehead atoms. The monoisotopic (exact) mass is 346 g/mol. The number of amides is 2. The van der Waals surface area contributed by atoms with Crippen LogP contribution in [0.3, 0.4) is 0 Å². The molecule has 0 fully saturated rings. The topological polar surface area (TPSA) is 80.0 Å². The average molecular weight is 346 g/mol. The molecule has 2 amide bonds. The SMILES string of the molecule is Cc1nnc(CNC(=O)Nc2cc(F)ccc2SCC(F)F)o1. The molecular weight excluding hydrogens is 333 g/mol. The van der Waals surface area contributed by atoms with Gasteiger partial charge in [0.15, 0.2) is 0 Å². The van der Waals surface area contributed by atoms with Crippen molar-refractivity contribution in [2.24, 2.45) is 0 Å². The minimum atomic E-state index is -2.51. The second-order valence-corrected chi connectivity index (χ2v) is 5.43. The molecule has 1 aromatic heterocycles. The van der Waals surface area contributed by atoms with E-state index in [1.807, 2.05) is 0 Å². The third kappa shape index (κ3) is 5.47. The predicted molar refractivity (Wildman–Crippen MR) is 78.0 cm³/mol. The zero-order valence-corrected chi connectivity index (χ0v) is 12.8. The Balaban J connectivity index is 1.97. The van der Waals surface area contributed by atoms with Crippen LogP contribution in [0.2, 0.25) is 0 Å². The molecule has 0 saturated carbocycles. The van der Waals surface area contributed by atoms with Gasteiger partial charge in [-0.2, -0.15) is 0 Å². The number of carbonyl (C=O) groups excluding carboxylic acids is 1. The highest BCUT2D eigenvalue weighted by Crippen LogP contribution is 2.29. The van der Waals surface area contributed by atoms with Gasteiger partial charge < -0.3 is 15.1 Å². The number of anilines is 1. The van der Waals surface area contributed by atoms with Gasteiger partial charge in [-0.3, -0.25) is 0 Å². The number of halogens is 3. The third-order valence-corrected chi connectivity index (χ3v) is 3.61. The van der Waals surface area contributed by atoms with Gasteiger partial charge >= 0.3 is 6.03 Å². The lowest BCUT2D eigenvalue weighted by Gasteiger charge is -2.11. The van der Waals surface area contributed by atoms with Crippen LogP contribution in [0.4, 0.5) is 23.7 Å². The Morgan fingerprint density at radius 2 is 2.17 bits per heavy atom. The Kier molecular flexibility index (Phi) is 5.85. The van der Waals surface area contributed by atoms with Crippen LogP contribution in [0, 0.1) is 12.7 Å². The van der Waals surface area contributed by atoms with Gasteiger partial charge in [-0.15, -0.1) is 22.0 Å². The van der Waals surface area contributed by atoms with Gasteiger partial charge in [-0.05, 0) is 18.2 Å². The Hall–Kier alpha value is -2.23. The fourth-order valence-corrected chi connectivity index (χ4v) is 2.35. The van der Waals surface area contributed by atoms with Crippen LogP contribution in [-0.2, 0) is 6.54 Å². The maximum absolute atomic E-state index is 13.3. The number of rotatable bonds is 6. The summed E-state index contributed by atoms with van der Waals surface area (Å²) in [7, 11) is 0. The average Bonchev–Trinajstić information content (AvgIpc) is 2.90. The largest absolute Gasteiger partial charge is 0.424 e. The van der Waals surface area contributed by atoms with Crippen molar-refractivity contribution in [3.63, 3.8) is 0 Å². The van der Waals surface area contributed by atoms with Crippen LogP contribution in [0.15, 0.2) is 27.5 Å². The summed E-state index contributed by atoms with van der Waals surface area (Å²) in [6, 6.07) is 2.88. The Labute approximate surface area is 133 Å². The summed E-state index contributed by atoms with van der Waals surface area (Å²) in [4.78, 5) is 12.1. The van der Waals surface area contributed by atoms with Crippen molar-refractivity contribution in [1.29, 1.82) is 0 Å². The van der Waals surface area contributed by atoms with Crippen LogP contribution >= 0.6 is 11.8 Å². The maximum Gasteiger partial charge on any atom is 0.319 e. The number of aromatic nitrogens is 2. The number of hydrogen-bond donors (Lipinski definition) is 2. The second kappa shape index (κ2) is 7.86. The first-order valence-corrected chi connectivity index (χ1v) is 7.47. The minimum absolute atomic E-state index is 0.0124. The van der Waals surface area contributed by atoms with E-state index in [1.165, 1.54) is 6.07 Å². The summed E-state index contributed by atoms with van der Waals surface area (Å²) in [5, 5.41) is 12.2. The van der Waals surface area contributed by atoms with E-state index in [2.05, 4.69) is 20.8 Å². The zero-order valence-electron chi connectivity index (χ0n) is 12.0. The van der Waals surface area contributed by atoms with Crippen LogP contribution in [0.1, 0.15) is 11.8 Å². The standard InChI is InChI=1S/C13H13F3N4O2S/c1-7-19-20-12(22-7)5-17-13(21)18-9-4-8(14)2-3-10(9)23-6-11(15)16/h2-4,11H,5-6H2,1H3,(H2,17,18,21). The Morgan fingerprint density at radius 3 is 2.83 bits per heavy atom. The minimum Gasteiger partial charge on any atom is -0.424 e. The van der Waals surface area contributed by atoms with E-state index in [0.717, 1.165) is 23.9 Å². The number of carbonyl (C=O) groups is 1. The summed E-state index contributed by atoms with van der Waals surface area (Å²) in [6.07, 6.45) is -2.51. The van der Waals surface area contributed by atoms with Crippen LogP contribution in [0.25, 0.3) is 0 Å². The molecule has 6 nitrogen and oxygen atoms in total. The fraction of sp³-hybridized carbons (Fsp3) is 0.308. The van der Waals surface area contributed by atoms with Crippen molar-refractivity contribution in [2.75, 3.05) is 11.1 Å². The van der Waals surface area contributed by atoms with Crippen LogP contribution in [0.5, 0.6) is 0 Å². The Morgan fingerprint density at radius 1 is 1.39 bits per heavy atom. The van der Waals surface area contributed by atoms with E-state index in [0.29, 0.717) is 10.8 Å². The first-order chi connectivity index (χ1) is 10.9. The molecule has 0 saturated heterocycles. The molecule has 124 valence electrons. The normalized spacial score (nSPS) is 10.8. The van der Waals surface area contributed by atoms with E-state index in [1.54, 1.807) is 6.92 Å². The van der Waals surface area contributed by atoms with Gasteiger partial charge in [0.2, 0.25) is 18.2 Å². The first kappa shape index (κ1) is 17.1. The molecule has 0 spiro atoms. The molecule has 0 aliphatic rings. The van der Waals surface area contributed by atoms with Crippen molar-refractivity contribution in [3.05, 3.63) is 35.8 Å². The summed E-state index contributed by atoms with van der Waals surface area (Å²) in [5.41, 5.74) is 0.106. The predicted octanol–water partition coefficient (Wildman–Crippen LogP) is 3.20. The summed E-state index contributed by atoms with van der Waals surface area (Å²) in [6.45, 7) is 1.59. The van der Waals surface area contributed by atoms with Crippen LogP contribution in [-0.4, -0.2) is 28.4 Å². The van der Waals surface area contributed by atoms with Gasteiger partial charge in [0.05, 0.1) is 18.0 Å². The van der Waals surface area contributed by atoms with Gasteiger partial charge in [0, 0.05) is 11.8 Å². The molecule has 2 rings (SSSR count). The van der Waals surface area contributed by atoms with E-state index >= 15 is 0 Å². The molecule has 23 heavy (non-hydrogen) atoms. The van der Waals surface area contributed by atoms with Crippen LogP contribution < -0.4 is 10.6 Å². The molecule has 1 aromatic carbocycles. The number of benzene rings is 1. The number of urea groups is 1. The number of aryl methyl sites for hydroxylation is 1. The molecule has 2 aromatic rings.